The minimum absolute atomic E-state index is 0.0203. The van der Waals surface area contributed by atoms with E-state index in [4.69, 9.17) is 9.47 Å². The summed E-state index contributed by atoms with van der Waals surface area (Å²) in [5.74, 6) is -0.217. The Balaban J connectivity index is 1.85. The fourth-order valence-corrected chi connectivity index (χ4v) is 3.08. The van der Waals surface area contributed by atoms with E-state index in [9.17, 15) is 14.0 Å². The molecule has 2 aliphatic rings. The normalized spacial score (nSPS) is 26.5. The van der Waals surface area contributed by atoms with Crippen LogP contribution in [-0.4, -0.2) is 68.9 Å². The molecule has 1 unspecified atom stereocenters. The van der Waals surface area contributed by atoms with E-state index in [1.54, 1.807) is 12.0 Å². The van der Waals surface area contributed by atoms with Crippen LogP contribution < -0.4 is 5.32 Å². The van der Waals surface area contributed by atoms with Crippen molar-refractivity contribution in [1.29, 1.82) is 0 Å². The van der Waals surface area contributed by atoms with Gasteiger partial charge in [0.15, 0.2) is 0 Å². The molecule has 1 atom stereocenters. The molecule has 23 heavy (non-hydrogen) atoms. The Bertz CT molecular complexity index is 436. The highest BCUT2D eigenvalue weighted by Gasteiger charge is 2.45. The number of ether oxygens (including phenoxy) is 2. The molecule has 0 aromatic heterocycles. The van der Waals surface area contributed by atoms with Crippen LogP contribution in [0, 0.1) is 5.41 Å². The lowest BCUT2D eigenvalue weighted by atomic mass is 9.69. The lowest BCUT2D eigenvalue weighted by molar-refractivity contribution is -0.151. The highest BCUT2D eigenvalue weighted by molar-refractivity contribution is 5.83. The zero-order valence-corrected chi connectivity index (χ0v) is 14.0. The largest absolute Gasteiger partial charge is 0.384 e. The van der Waals surface area contributed by atoms with Crippen molar-refractivity contribution in [2.45, 2.75) is 38.2 Å². The molecule has 0 radical (unpaired) electrons. The molecule has 1 saturated heterocycles. The van der Waals surface area contributed by atoms with Crippen molar-refractivity contribution in [3.05, 3.63) is 0 Å². The Morgan fingerprint density at radius 1 is 1.39 bits per heavy atom. The molecule has 1 saturated carbocycles. The molecular weight excluding hydrogens is 303 g/mol. The smallest absolute Gasteiger partial charge is 0.228 e. The number of carbonyl (C=O) groups is 2. The molecule has 6 nitrogen and oxygen atoms in total. The number of halogens is 1. The van der Waals surface area contributed by atoms with Crippen molar-refractivity contribution < 1.29 is 23.5 Å². The number of carbonyl (C=O) groups excluding carboxylic acids is 2. The summed E-state index contributed by atoms with van der Waals surface area (Å²) in [6.45, 7) is 3.31. The summed E-state index contributed by atoms with van der Waals surface area (Å²) >= 11 is 0. The van der Waals surface area contributed by atoms with Gasteiger partial charge in [-0.25, -0.2) is 4.39 Å². The predicted molar refractivity (Wildman–Crippen MR) is 82.7 cm³/mol. The Hall–Kier alpha value is -1.21. The van der Waals surface area contributed by atoms with Gasteiger partial charge in [-0.2, -0.15) is 0 Å². The van der Waals surface area contributed by atoms with E-state index in [0.29, 0.717) is 45.6 Å². The zero-order valence-electron chi connectivity index (χ0n) is 14.0. The SMILES string of the molecule is COCCC(=O)N1CCOC(C)(CNC(=O)C2(CF)CCC2)C1. The molecule has 132 valence electrons. The van der Waals surface area contributed by atoms with Crippen molar-refractivity contribution in [3.63, 3.8) is 0 Å². The summed E-state index contributed by atoms with van der Waals surface area (Å²) in [7, 11) is 1.56. The highest BCUT2D eigenvalue weighted by Crippen LogP contribution is 2.41. The van der Waals surface area contributed by atoms with Crippen LogP contribution in [-0.2, 0) is 19.1 Å². The van der Waals surface area contributed by atoms with Crippen LogP contribution in [0.25, 0.3) is 0 Å². The number of nitrogens with one attached hydrogen (secondary N) is 1. The van der Waals surface area contributed by atoms with E-state index in [1.165, 1.54) is 0 Å². The maximum atomic E-state index is 13.1. The lowest BCUT2D eigenvalue weighted by Crippen LogP contribution is -2.58. The molecule has 0 aromatic rings. The molecule has 1 N–H and O–H groups in total. The second-order valence-electron chi connectivity index (χ2n) is 6.81. The predicted octanol–water partition coefficient (Wildman–Crippen LogP) is 0.896. The summed E-state index contributed by atoms with van der Waals surface area (Å²) in [4.78, 5) is 26.1. The third-order valence-electron chi connectivity index (χ3n) is 4.88. The van der Waals surface area contributed by atoms with Crippen LogP contribution in [0.3, 0.4) is 0 Å². The second-order valence-corrected chi connectivity index (χ2v) is 6.81. The Morgan fingerprint density at radius 3 is 2.70 bits per heavy atom. The maximum Gasteiger partial charge on any atom is 0.228 e. The molecule has 1 aliphatic carbocycles. The average molecular weight is 330 g/mol. The number of morpholine rings is 1. The van der Waals surface area contributed by atoms with Crippen molar-refractivity contribution >= 4 is 11.8 Å². The van der Waals surface area contributed by atoms with Crippen molar-refractivity contribution in [1.82, 2.24) is 10.2 Å². The van der Waals surface area contributed by atoms with Gasteiger partial charge >= 0.3 is 0 Å². The topological polar surface area (TPSA) is 67.9 Å². The summed E-state index contributed by atoms with van der Waals surface area (Å²) in [5, 5.41) is 2.82. The summed E-state index contributed by atoms with van der Waals surface area (Å²) in [5.41, 5.74) is -1.48. The van der Waals surface area contributed by atoms with Gasteiger partial charge in [0, 0.05) is 20.2 Å². The van der Waals surface area contributed by atoms with E-state index in [2.05, 4.69) is 5.32 Å². The quantitative estimate of drug-likeness (QED) is 0.753. The monoisotopic (exact) mass is 330 g/mol. The molecule has 2 fully saturated rings. The van der Waals surface area contributed by atoms with Gasteiger partial charge in [-0.1, -0.05) is 6.42 Å². The van der Waals surface area contributed by atoms with Crippen LogP contribution >= 0.6 is 0 Å². The fraction of sp³-hybridized carbons (Fsp3) is 0.875. The van der Waals surface area contributed by atoms with Gasteiger partial charge in [-0.05, 0) is 19.8 Å². The Kier molecular flexibility index (Phi) is 5.97. The van der Waals surface area contributed by atoms with E-state index in [-0.39, 0.29) is 18.4 Å². The molecule has 7 heteroatoms. The van der Waals surface area contributed by atoms with Gasteiger partial charge in [0.25, 0.3) is 0 Å². The number of hydrogen-bond acceptors (Lipinski definition) is 4. The number of methoxy groups -OCH3 is 1. The standard InChI is InChI=1S/C16H27FN2O4/c1-15(11-18-14(21)16(10-17)5-3-6-16)12-19(7-9-23-15)13(20)4-8-22-2/h3-12H2,1-2H3,(H,18,21). The van der Waals surface area contributed by atoms with E-state index in [1.807, 2.05) is 6.92 Å². The number of alkyl halides is 1. The molecule has 1 aliphatic heterocycles. The molecule has 2 amide bonds. The van der Waals surface area contributed by atoms with Crippen LogP contribution in [0.2, 0.25) is 0 Å². The molecular formula is C16H27FN2O4. The first kappa shape index (κ1) is 18.1. The van der Waals surface area contributed by atoms with Crippen molar-refractivity contribution in [2.24, 2.45) is 5.41 Å². The number of rotatable bonds is 7. The van der Waals surface area contributed by atoms with E-state index >= 15 is 0 Å². The second kappa shape index (κ2) is 7.57. The summed E-state index contributed by atoms with van der Waals surface area (Å²) in [6.07, 6.45) is 2.44. The van der Waals surface area contributed by atoms with Crippen LogP contribution in [0.4, 0.5) is 4.39 Å². The minimum atomic E-state index is -0.834. The first-order valence-corrected chi connectivity index (χ1v) is 8.20. The zero-order chi connectivity index (χ0) is 16.9. The summed E-state index contributed by atoms with van der Waals surface area (Å²) < 4.78 is 23.8. The van der Waals surface area contributed by atoms with E-state index in [0.717, 1.165) is 6.42 Å². The van der Waals surface area contributed by atoms with Gasteiger partial charge in [-0.3, -0.25) is 9.59 Å². The van der Waals surface area contributed by atoms with Gasteiger partial charge in [0.1, 0.15) is 12.3 Å². The minimum Gasteiger partial charge on any atom is -0.384 e. The maximum absolute atomic E-state index is 13.1. The van der Waals surface area contributed by atoms with Crippen LogP contribution in [0.1, 0.15) is 32.6 Å². The molecule has 0 bridgehead atoms. The van der Waals surface area contributed by atoms with Gasteiger partial charge in [0.05, 0.1) is 31.6 Å². The molecule has 0 spiro atoms. The summed E-state index contributed by atoms with van der Waals surface area (Å²) in [6, 6.07) is 0. The number of amides is 2. The Morgan fingerprint density at radius 2 is 2.13 bits per heavy atom. The third kappa shape index (κ3) is 4.20. The van der Waals surface area contributed by atoms with E-state index < -0.39 is 17.7 Å². The van der Waals surface area contributed by atoms with Gasteiger partial charge < -0.3 is 19.7 Å². The molecule has 1 heterocycles. The van der Waals surface area contributed by atoms with Crippen LogP contribution in [0.15, 0.2) is 0 Å². The lowest BCUT2D eigenvalue weighted by Gasteiger charge is -2.42. The van der Waals surface area contributed by atoms with Crippen molar-refractivity contribution in [2.75, 3.05) is 46.6 Å². The van der Waals surface area contributed by atoms with Crippen molar-refractivity contribution in [3.8, 4) is 0 Å². The number of nitrogens with zero attached hydrogens (tertiary/aromatic N) is 1. The third-order valence-corrected chi connectivity index (χ3v) is 4.88. The highest BCUT2D eigenvalue weighted by atomic mass is 19.1. The first-order valence-electron chi connectivity index (χ1n) is 8.20. The molecule has 0 aromatic carbocycles. The van der Waals surface area contributed by atoms with Gasteiger partial charge in [0.2, 0.25) is 11.8 Å². The number of hydrogen-bond donors (Lipinski definition) is 1. The molecule has 2 rings (SSSR count). The fourth-order valence-electron chi connectivity index (χ4n) is 3.08. The van der Waals surface area contributed by atoms with Crippen LogP contribution in [0.5, 0.6) is 0 Å². The first-order chi connectivity index (χ1) is 10.9. The average Bonchev–Trinajstić information content (AvgIpc) is 2.50. The Labute approximate surface area is 136 Å². The van der Waals surface area contributed by atoms with Gasteiger partial charge in [-0.15, -0.1) is 0 Å².